The summed E-state index contributed by atoms with van der Waals surface area (Å²) in [7, 11) is 1.49. The van der Waals surface area contributed by atoms with Crippen molar-refractivity contribution >= 4 is 17.3 Å². The molecule has 0 heterocycles. The Kier molecular flexibility index (Phi) is 6.28. The number of benzene rings is 1. The molecule has 0 aliphatic carbocycles. The lowest BCUT2D eigenvalue weighted by Gasteiger charge is -2.08. The zero-order chi connectivity index (χ0) is 15.0. The number of rotatable bonds is 8. The molecule has 0 unspecified atom stereocenters. The largest absolute Gasteiger partial charge is 0.497 e. The molecule has 0 atom stereocenters. The minimum atomic E-state index is -0.465. The van der Waals surface area contributed by atoms with Crippen molar-refractivity contribution in [2.45, 2.75) is 19.8 Å². The average Bonchev–Trinajstić information content (AvgIpc) is 2.43. The van der Waals surface area contributed by atoms with Crippen molar-refractivity contribution in [2.24, 2.45) is 0 Å². The zero-order valence-corrected chi connectivity index (χ0v) is 11.5. The number of ether oxygens (including phenoxy) is 2. The van der Waals surface area contributed by atoms with Crippen molar-refractivity contribution in [2.75, 3.05) is 25.6 Å². The molecule has 0 aliphatic rings. The van der Waals surface area contributed by atoms with Crippen LogP contribution in [0.3, 0.4) is 0 Å². The summed E-state index contributed by atoms with van der Waals surface area (Å²) in [6.07, 6.45) is 0.811. The summed E-state index contributed by atoms with van der Waals surface area (Å²) < 4.78 is 9.83. The first-order valence-electron chi connectivity index (χ1n) is 6.30. The van der Waals surface area contributed by atoms with E-state index in [9.17, 15) is 14.9 Å². The maximum Gasteiger partial charge on any atom is 0.305 e. The summed E-state index contributed by atoms with van der Waals surface area (Å²) in [5.74, 6) is 0.262. The highest BCUT2D eigenvalue weighted by atomic mass is 16.6. The molecule has 1 N–H and O–H groups in total. The van der Waals surface area contributed by atoms with E-state index in [1.807, 2.05) is 0 Å². The van der Waals surface area contributed by atoms with E-state index in [-0.39, 0.29) is 18.1 Å². The second-order valence-electron chi connectivity index (χ2n) is 3.98. The molecule has 0 spiro atoms. The van der Waals surface area contributed by atoms with Gasteiger partial charge in [0.05, 0.1) is 18.6 Å². The van der Waals surface area contributed by atoms with Crippen LogP contribution in [0.5, 0.6) is 5.75 Å². The van der Waals surface area contributed by atoms with Gasteiger partial charge in [0, 0.05) is 25.1 Å². The maximum atomic E-state index is 11.2. The molecule has 0 amide bonds. The van der Waals surface area contributed by atoms with Gasteiger partial charge in [-0.2, -0.15) is 0 Å². The Morgan fingerprint density at radius 3 is 2.80 bits per heavy atom. The molecule has 0 bridgehead atoms. The number of methoxy groups -OCH3 is 1. The van der Waals surface area contributed by atoms with Crippen molar-refractivity contribution in [3.05, 3.63) is 28.3 Å². The molecular formula is C13H18N2O5. The second kappa shape index (κ2) is 7.98. The van der Waals surface area contributed by atoms with Gasteiger partial charge in [0.1, 0.15) is 11.4 Å². The van der Waals surface area contributed by atoms with Gasteiger partial charge in [-0.25, -0.2) is 0 Å². The van der Waals surface area contributed by atoms with Crippen molar-refractivity contribution in [1.82, 2.24) is 0 Å². The SMILES string of the molecule is CCOC(=O)CCCNc1cc(OC)ccc1[N+](=O)[O-]. The van der Waals surface area contributed by atoms with E-state index in [0.29, 0.717) is 31.0 Å². The minimum Gasteiger partial charge on any atom is -0.497 e. The molecule has 1 aromatic carbocycles. The monoisotopic (exact) mass is 282 g/mol. The van der Waals surface area contributed by atoms with Crippen LogP contribution in [-0.4, -0.2) is 31.2 Å². The van der Waals surface area contributed by atoms with Crippen LogP contribution in [0, 0.1) is 10.1 Å². The first-order valence-corrected chi connectivity index (χ1v) is 6.30. The summed E-state index contributed by atoms with van der Waals surface area (Å²) in [4.78, 5) is 21.6. The molecule has 110 valence electrons. The van der Waals surface area contributed by atoms with E-state index >= 15 is 0 Å². The van der Waals surface area contributed by atoms with Crippen LogP contribution in [0.4, 0.5) is 11.4 Å². The number of nitro benzene ring substituents is 1. The number of nitro groups is 1. The van der Waals surface area contributed by atoms with Crippen LogP contribution in [0.15, 0.2) is 18.2 Å². The van der Waals surface area contributed by atoms with Gasteiger partial charge in [-0.3, -0.25) is 14.9 Å². The van der Waals surface area contributed by atoms with Crippen LogP contribution in [-0.2, 0) is 9.53 Å². The fraction of sp³-hybridized carbons (Fsp3) is 0.462. The molecule has 1 rings (SSSR count). The molecule has 1 aromatic rings. The Balaban J connectivity index is 2.57. The molecule has 0 aliphatic heterocycles. The van der Waals surface area contributed by atoms with Gasteiger partial charge < -0.3 is 14.8 Å². The predicted molar refractivity (Wildman–Crippen MR) is 74.0 cm³/mol. The molecule has 20 heavy (non-hydrogen) atoms. The van der Waals surface area contributed by atoms with Crippen LogP contribution in [0.2, 0.25) is 0 Å². The van der Waals surface area contributed by atoms with E-state index in [2.05, 4.69) is 5.32 Å². The number of nitrogens with zero attached hydrogens (tertiary/aromatic N) is 1. The van der Waals surface area contributed by atoms with Gasteiger partial charge in [-0.1, -0.05) is 0 Å². The molecule has 7 heteroatoms. The number of hydrogen-bond donors (Lipinski definition) is 1. The number of esters is 1. The zero-order valence-electron chi connectivity index (χ0n) is 11.5. The number of nitrogens with one attached hydrogen (secondary N) is 1. The first kappa shape index (κ1) is 15.7. The summed E-state index contributed by atoms with van der Waals surface area (Å²) in [5.41, 5.74) is 0.347. The third-order valence-electron chi connectivity index (χ3n) is 2.58. The highest BCUT2D eigenvalue weighted by molar-refractivity contribution is 5.69. The van der Waals surface area contributed by atoms with Crippen LogP contribution >= 0.6 is 0 Å². The Morgan fingerprint density at radius 1 is 1.45 bits per heavy atom. The molecule has 0 fully saturated rings. The van der Waals surface area contributed by atoms with E-state index in [0.717, 1.165) is 0 Å². The van der Waals surface area contributed by atoms with E-state index < -0.39 is 4.92 Å². The number of carbonyl (C=O) groups is 1. The Hall–Kier alpha value is -2.31. The highest BCUT2D eigenvalue weighted by Gasteiger charge is 2.14. The number of anilines is 1. The number of carbonyl (C=O) groups excluding carboxylic acids is 1. The van der Waals surface area contributed by atoms with Gasteiger partial charge in [0.15, 0.2) is 0 Å². The summed E-state index contributed by atoms with van der Waals surface area (Å²) in [6.45, 7) is 2.54. The lowest BCUT2D eigenvalue weighted by Crippen LogP contribution is -2.09. The lowest BCUT2D eigenvalue weighted by molar-refractivity contribution is -0.384. The van der Waals surface area contributed by atoms with Crippen LogP contribution < -0.4 is 10.1 Å². The van der Waals surface area contributed by atoms with E-state index in [1.165, 1.54) is 19.2 Å². The average molecular weight is 282 g/mol. The van der Waals surface area contributed by atoms with Crippen molar-refractivity contribution in [3.8, 4) is 5.75 Å². The number of hydrogen-bond acceptors (Lipinski definition) is 6. The van der Waals surface area contributed by atoms with Crippen LogP contribution in [0.25, 0.3) is 0 Å². The normalized spacial score (nSPS) is 9.90. The lowest BCUT2D eigenvalue weighted by atomic mass is 10.2. The van der Waals surface area contributed by atoms with Crippen LogP contribution in [0.1, 0.15) is 19.8 Å². The summed E-state index contributed by atoms with van der Waals surface area (Å²) in [6, 6.07) is 4.47. The molecular weight excluding hydrogens is 264 g/mol. The summed E-state index contributed by atoms with van der Waals surface area (Å²) in [5, 5.41) is 13.8. The van der Waals surface area contributed by atoms with Crippen molar-refractivity contribution in [1.29, 1.82) is 0 Å². The molecule has 7 nitrogen and oxygen atoms in total. The quantitative estimate of drug-likeness (QED) is 0.340. The predicted octanol–water partition coefficient (Wildman–Crippen LogP) is 2.36. The van der Waals surface area contributed by atoms with Gasteiger partial charge in [0.2, 0.25) is 0 Å². The molecule has 0 saturated carbocycles. The Labute approximate surface area is 117 Å². The van der Waals surface area contributed by atoms with Gasteiger partial charge in [-0.05, 0) is 19.4 Å². The first-order chi connectivity index (χ1) is 9.58. The van der Waals surface area contributed by atoms with Gasteiger partial charge in [0.25, 0.3) is 5.69 Å². The fourth-order valence-corrected chi connectivity index (χ4v) is 1.63. The summed E-state index contributed by atoms with van der Waals surface area (Å²) >= 11 is 0. The third-order valence-corrected chi connectivity index (χ3v) is 2.58. The smallest absolute Gasteiger partial charge is 0.305 e. The second-order valence-corrected chi connectivity index (χ2v) is 3.98. The van der Waals surface area contributed by atoms with E-state index in [4.69, 9.17) is 9.47 Å². The fourth-order valence-electron chi connectivity index (χ4n) is 1.63. The topological polar surface area (TPSA) is 90.7 Å². The van der Waals surface area contributed by atoms with Crippen molar-refractivity contribution in [3.63, 3.8) is 0 Å². The molecule has 0 aromatic heterocycles. The molecule has 0 radical (unpaired) electrons. The maximum absolute atomic E-state index is 11.2. The van der Waals surface area contributed by atoms with Gasteiger partial charge >= 0.3 is 5.97 Å². The third kappa shape index (κ3) is 4.75. The minimum absolute atomic E-state index is 0.0260. The van der Waals surface area contributed by atoms with E-state index in [1.54, 1.807) is 13.0 Å². The van der Waals surface area contributed by atoms with Gasteiger partial charge in [-0.15, -0.1) is 0 Å². The Morgan fingerprint density at radius 2 is 2.20 bits per heavy atom. The standard InChI is InChI=1S/C13H18N2O5/c1-3-20-13(16)5-4-8-14-11-9-10(19-2)6-7-12(11)15(17)18/h6-7,9,14H,3-5,8H2,1-2H3. The van der Waals surface area contributed by atoms with Crippen molar-refractivity contribution < 1.29 is 19.2 Å². The molecule has 0 saturated heterocycles. The Bertz CT molecular complexity index is 476. The highest BCUT2D eigenvalue weighted by Crippen LogP contribution is 2.28.